The smallest absolute Gasteiger partial charge is 0.335 e. The van der Waals surface area contributed by atoms with Crippen LogP contribution in [0.25, 0.3) is 0 Å². The minimum absolute atomic E-state index is 0.240. The van der Waals surface area contributed by atoms with E-state index in [0.717, 1.165) is 13.1 Å². The van der Waals surface area contributed by atoms with E-state index < -0.39 is 5.97 Å². The monoisotopic (exact) mass is 251 g/mol. The Balaban J connectivity index is 2.61. The molecular weight excluding hydrogens is 230 g/mol. The van der Waals surface area contributed by atoms with Gasteiger partial charge in [0, 0.05) is 19.1 Å². The molecule has 0 heterocycles. The van der Waals surface area contributed by atoms with Crippen molar-refractivity contribution in [2.24, 2.45) is 0 Å². The number of anilines is 2. The lowest BCUT2D eigenvalue weighted by Crippen LogP contribution is -2.31. The molecule has 0 saturated carbocycles. The quantitative estimate of drug-likeness (QED) is 0.671. The first-order chi connectivity index (χ1) is 8.41. The van der Waals surface area contributed by atoms with E-state index in [1.807, 2.05) is 7.05 Å². The van der Waals surface area contributed by atoms with Crippen LogP contribution in [0.3, 0.4) is 0 Å². The van der Waals surface area contributed by atoms with E-state index in [1.165, 1.54) is 6.07 Å². The first kappa shape index (κ1) is 14.3. The van der Waals surface area contributed by atoms with E-state index in [9.17, 15) is 4.79 Å². The van der Waals surface area contributed by atoms with Gasteiger partial charge in [-0.3, -0.25) is 0 Å². The molecule has 0 radical (unpaired) electrons. The molecule has 0 bridgehead atoms. The van der Waals surface area contributed by atoms with Gasteiger partial charge < -0.3 is 21.1 Å². The van der Waals surface area contributed by atoms with Crippen LogP contribution in [0.5, 0.6) is 0 Å². The lowest BCUT2D eigenvalue weighted by molar-refractivity contribution is 0.0697. The topological polar surface area (TPSA) is 78.6 Å². The summed E-state index contributed by atoms with van der Waals surface area (Å²) in [5.74, 6) is -0.947. The van der Waals surface area contributed by atoms with Crippen LogP contribution in [0.15, 0.2) is 18.2 Å². The van der Waals surface area contributed by atoms with Gasteiger partial charge in [-0.15, -0.1) is 0 Å². The summed E-state index contributed by atoms with van der Waals surface area (Å²) in [5.41, 5.74) is 7.27. The maximum Gasteiger partial charge on any atom is 0.335 e. The summed E-state index contributed by atoms with van der Waals surface area (Å²) in [4.78, 5) is 13.1. The number of likely N-dealkylation sites (N-methyl/N-ethyl adjacent to an activating group) is 1. The summed E-state index contributed by atoms with van der Waals surface area (Å²) in [6.45, 7) is 5.84. The molecule has 0 aliphatic heterocycles. The molecule has 0 amide bonds. The Morgan fingerprint density at radius 2 is 2.17 bits per heavy atom. The van der Waals surface area contributed by atoms with Gasteiger partial charge in [0.2, 0.25) is 0 Å². The van der Waals surface area contributed by atoms with E-state index in [1.54, 1.807) is 12.1 Å². The Bertz CT molecular complexity index is 419. The summed E-state index contributed by atoms with van der Waals surface area (Å²) in [5, 5.41) is 12.1. The molecule has 0 aliphatic rings. The van der Waals surface area contributed by atoms with Gasteiger partial charge in [-0.1, -0.05) is 0 Å². The Hall–Kier alpha value is -1.75. The van der Waals surface area contributed by atoms with Crippen molar-refractivity contribution in [1.29, 1.82) is 0 Å². The number of carboxylic acid groups (broad SMARTS) is 1. The van der Waals surface area contributed by atoms with Gasteiger partial charge in [-0.05, 0) is 39.1 Å². The zero-order valence-electron chi connectivity index (χ0n) is 11.1. The molecule has 5 heteroatoms. The number of nitrogens with one attached hydrogen (secondary N) is 1. The molecule has 0 fully saturated rings. The number of hydrogen-bond acceptors (Lipinski definition) is 4. The number of hydrogen-bond donors (Lipinski definition) is 3. The Kier molecular flexibility index (Phi) is 4.97. The first-order valence-electron chi connectivity index (χ1n) is 5.98. The van der Waals surface area contributed by atoms with Crippen molar-refractivity contribution < 1.29 is 9.90 Å². The van der Waals surface area contributed by atoms with E-state index in [0.29, 0.717) is 17.4 Å². The molecule has 1 aromatic carbocycles. The van der Waals surface area contributed by atoms with Crippen molar-refractivity contribution in [3.63, 3.8) is 0 Å². The van der Waals surface area contributed by atoms with Crippen LogP contribution in [0.4, 0.5) is 11.4 Å². The Morgan fingerprint density at radius 1 is 1.50 bits per heavy atom. The fraction of sp³-hybridized carbons (Fsp3) is 0.462. The third-order valence-corrected chi connectivity index (χ3v) is 2.96. The standard InChI is InChI=1S/C13H21N3O2/c1-9(2)16(3)7-6-15-12-8-10(13(17)18)4-5-11(12)14/h4-5,8-9,15H,6-7,14H2,1-3H3,(H,17,18). The lowest BCUT2D eigenvalue weighted by atomic mass is 10.1. The maximum atomic E-state index is 10.9. The zero-order valence-corrected chi connectivity index (χ0v) is 11.1. The highest BCUT2D eigenvalue weighted by atomic mass is 16.4. The molecular formula is C13H21N3O2. The van der Waals surface area contributed by atoms with Gasteiger partial charge in [0.25, 0.3) is 0 Å². The normalized spacial score (nSPS) is 10.9. The number of nitrogen functional groups attached to an aromatic ring is 1. The summed E-state index contributed by atoms with van der Waals surface area (Å²) < 4.78 is 0. The highest BCUT2D eigenvalue weighted by Crippen LogP contribution is 2.19. The van der Waals surface area contributed by atoms with Crippen LogP contribution in [0, 0.1) is 0 Å². The number of nitrogens with two attached hydrogens (primary N) is 1. The number of carbonyl (C=O) groups is 1. The fourth-order valence-electron chi connectivity index (χ4n) is 1.47. The molecule has 5 nitrogen and oxygen atoms in total. The van der Waals surface area contributed by atoms with Crippen molar-refractivity contribution in [3.8, 4) is 0 Å². The van der Waals surface area contributed by atoms with Gasteiger partial charge in [0.1, 0.15) is 0 Å². The van der Waals surface area contributed by atoms with E-state index >= 15 is 0 Å². The average molecular weight is 251 g/mol. The van der Waals surface area contributed by atoms with E-state index in [-0.39, 0.29) is 5.56 Å². The molecule has 18 heavy (non-hydrogen) atoms. The largest absolute Gasteiger partial charge is 0.478 e. The number of benzene rings is 1. The average Bonchev–Trinajstić information content (AvgIpc) is 2.30. The van der Waals surface area contributed by atoms with Crippen molar-refractivity contribution in [2.75, 3.05) is 31.2 Å². The second kappa shape index (κ2) is 6.26. The Morgan fingerprint density at radius 3 is 2.72 bits per heavy atom. The van der Waals surface area contributed by atoms with Crippen LogP contribution < -0.4 is 11.1 Å². The Labute approximate surface area is 108 Å². The summed E-state index contributed by atoms with van der Waals surface area (Å²) in [7, 11) is 2.05. The predicted octanol–water partition coefficient (Wildman–Crippen LogP) is 1.72. The minimum atomic E-state index is -0.947. The third kappa shape index (κ3) is 3.92. The van der Waals surface area contributed by atoms with Crippen molar-refractivity contribution in [2.45, 2.75) is 19.9 Å². The van der Waals surface area contributed by atoms with Gasteiger partial charge >= 0.3 is 5.97 Å². The van der Waals surface area contributed by atoms with Crippen LogP contribution in [-0.4, -0.2) is 42.2 Å². The van der Waals surface area contributed by atoms with Crippen molar-refractivity contribution >= 4 is 17.3 Å². The van der Waals surface area contributed by atoms with Crippen molar-refractivity contribution in [3.05, 3.63) is 23.8 Å². The minimum Gasteiger partial charge on any atom is -0.478 e. The molecule has 4 N–H and O–H groups in total. The molecule has 0 saturated heterocycles. The van der Waals surface area contributed by atoms with Crippen LogP contribution in [0.2, 0.25) is 0 Å². The lowest BCUT2D eigenvalue weighted by Gasteiger charge is -2.21. The van der Waals surface area contributed by atoms with E-state index in [2.05, 4.69) is 24.1 Å². The third-order valence-electron chi connectivity index (χ3n) is 2.96. The molecule has 0 aliphatic carbocycles. The number of nitrogens with zero attached hydrogens (tertiary/aromatic N) is 1. The molecule has 0 unspecified atom stereocenters. The molecule has 0 aromatic heterocycles. The van der Waals surface area contributed by atoms with Gasteiger partial charge in [0.15, 0.2) is 0 Å². The van der Waals surface area contributed by atoms with Crippen molar-refractivity contribution in [1.82, 2.24) is 4.90 Å². The van der Waals surface area contributed by atoms with E-state index in [4.69, 9.17) is 10.8 Å². The van der Waals surface area contributed by atoms with Gasteiger partial charge in [0.05, 0.1) is 16.9 Å². The molecule has 1 rings (SSSR count). The van der Waals surface area contributed by atoms with Gasteiger partial charge in [-0.25, -0.2) is 4.79 Å². The number of aromatic carboxylic acids is 1. The SMILES string of the molecule is CC(C)N(C)CCNc1cc(C(=O)O)ccc1N. The second-order valence-electron chi connectivity index (χ2n) is 4.61. The zero-order chi connectivity index (χ0) is 13.7. The molecule has 0 spiro atoms. The highest BCUT2D eigenvalue weighted by Gasteiger charge is 2.07. The highest BCUT2D eigenvalue weighted by molar-refractivity contribution is 5.90. The number of rotatable bonds is 6. The predicted molar refractivity (Wildman–Crippen MR) is 74.1 cm³/mol. The number of carboxylic acids is 1. The molecule has 1 aromatic rings. The van der Waals surface area contributed by atoms with Crippen LogP contribution >= 0.6 is 0 Å². The first-order valence-corrected chi connectivity index (χ1v) is 5.98. The second-order valence-corrected chi connectivity index (χ2v) is 4.61. The summed E-state index contributed by atoms with van der Waals surface area (Å²) >= 11 is 0. The van der Waals surface area contributed by atoms with Crippen LogP contribution in [-0.2, 0) is 0 Å². The maximum absolute atomic E-state index is 10.9. The molecule has 0 atom stereocenters. The molecule has 100 valence electrons. The summed E-state index contributed by atoms with van der Waals surface area (Å²) in [6.07, 6.45) is 0. The van der Waals surface area contributed by atoms with Gasteiger partial charge in [-0.2, -0.15) is 0 Å². The van der Waals surface area contributed by atoms with Crippen LogP contribution in [0.1, 0.15) is 24.2 Å². The summed E-state index contributed by atoms with van der Waals surface area (Å²) in [6, 6.07) is 5.16. The fourth-order valence-corrected chi connectivity index (χ4v) is 1.47.